The predicted octanol–water partition coefficient (Wildman–Crippen LogP) is 3.07. The maximum Gasteiger partial charge on any atom is 0.146 e. The molecule has 4 heteroatoms. The molecular formula is C11H12F2N2. The van der Waals surface area contributed by atoms with Gasteiger partial charge in [0, 0.05) is 13.0 Å². The van der Waals surface area contributed by atoms with E-state index in [4.69, 9.17) is 5.26 Å². The maximum absolute atomic E-state index is 13.1. The third-order valence-electron chi connectivity index (χ3n) is 1.96. The first-order valence-electron chi connectivity index (χ1n) is 4.80. The summed E-state index contributed by atoms with van der Waals surface area (Å²) in [6.45, 7) is 0.544. The van der Waals surface area contributed by atoms with E-state index in [1.807, 2.05) is 6.07 Å². The molecule has 1 rings (SSSR count). The Hall–Kier alpha value is -1.63. The molecule has 0 spiro atoms. The third-order valence-corrected chi connectivity index (χ3v) is 1.96. The highest BCUT2D eigenvalue weighted by Gasteiger charge is 2.02. The van der Waals surface area contributed by atoms with Gasteiger partial charge in [-0.15, -0.1) is 0 Å². The first kappa shape index (κ1) is 11.4. The molecular weight excluding hydrogens is 198 g/mol. The lowest BCUT2D eigenvalue weighted by Crippen LogP contribution is -2.03. The van der Waals surface area contributed by atoms with Crippen LogP contribution >= 0.6 is 0 Å². The standard InChI is InChI=1S/C11H12F2N2/c12-9-4-5-10(13)11(8-9)15-7-3-1-2-6-14/h4-5,8,15H,1-3,7H2. The zero-order valence-corrected chi connectivity index (χ0v) is 8.26. The zero-order valence-electron chi connectivity index (χ0n) is 8.26. The van der Waals surface area contributed by atoms with Gasteiger partial charge in [-0.05, 0) is 31.0 Å². The van der Waals surface area contributed by atoms with Crippen LogP contribution in [0.4, 0.5) is 14.5 Å². The van der Waals surface area contributed by atoms with Gasteiger partial charge in [0.25, 0.3) is 0 Å². The molecule has 0 saturated heterocycles. The van der Waals surface area contributed by atoms with Crippen molar-refractivity contribution in [3.63, 3.8) is 0 Å². The maximum atomic E-state index is 13.1. The van der Waals surface area contributed by atoms with Crippen molar-refractivity contribution in [2.45, 2.75) is 19.3 Å². The molecule has 0 saturated carbocycles. The van der Waals surface area contributed by atoms with E-state index in [0.29, 0.717) is 13.0 Å². The molecule has 0 fully saturated rings. The van der Waals surface area contributed by atoms with Crippen LogP contribution in [-0.4, -0.2) is 6.54 Å². The van der Waals surface area contributed by atoms with Gasteiger partial charge in [-0.1, -0.05) is 0 Å². The molecule has 0 unspecified atom stereocenters. The minimum absolute atomic E-state index is 0.173. The Morgan fingerprint density at radius 3 is 2.80 bits per heavy atom. The summed E-state index contributed by atoms with van der Waals surface area (Å²) >= 11 is 0. The molecule has 0 aliphatic rings. The normalized spacial score (nSPS) is 9.67. The Morgan fingerprint density at radius 1 is 1.27 bits per heavy atom. The number of unbranched alkanes of at least 4 members (excludes halogenated alkanes) is 2. The summed E-state index contributed by atoms with van der Waals surface area (Å²) in [4.78, 5) is 0. The molecule has 0 aliphatic carbocycles. The van der Waals surface area contributed by atoms with Gasteiger partial charge in [-0.25, -0.2) is 8.78 Å². The summed E-state index contributed by atoms with van der Waals surface area (Å²) in [6.07, 6.45) is 2.03. The summed E-state index contributed by atoms with van der Waals surface area (Å²) in [5.74, 6) is -0.924. The summed E-state index contributed by atoms with van der Waals surface area (Å²) in [5.41, 5.74) is 0.173. The monoisotopic (exact) mass is 210 g/mol. The van der Waals surface area contributed by atoms with Crippen LogP contribution < -0.4 is 5.32 Å². The molecule has 0 aliphatic heterocycles. The van der Waals surface area contributed by atoms with Crippen molar-refractivity contribution < 1.29 is 8.78 Å². The Labute approximate surface area is 87.5 Å². The van der Waals surface area contributed by atoms with Crippen molar-refractivity contribution in [3.8, 4) is 6.07 Å². The Bertz CT molecular complexity index is 358. The van der Waals surface area contributed by atoms with E-state index < -0.39 is 11.6 Å². The van der Waals surface area contributed by atoms with Crippen LogP contribution in [0.15, 0.2) is 18.2 Å². The van der Waals surface area contributed by atoms with E-state index in [2.05, 4.69) is 5.32 Å². The predicted molar refractivity (Wildman–Crippen MR) is 54.3 cm³/mol. The first-order chi connectivity index (χ1) is 7.24. The van der Waals surface area contributed by atoms with Gasteiger partial charge in [0.15, 0.2) is 0 Å². The fraction of sp³-hybridized carbons (Fsp3) is 0.364. The highest BCUT2D eigenvalue weighted by atomic mass is 19.1. The van der Waals surface area contributed by atoms with Gasteiger partial charge < -0.3 is 5.32 Å². The van der Waals surface area contributed by atoms with E-state index >= 15 is 0 Å². The number of rotatable bonds is 5. The van der Waals surface area contributed by atoms with Crippen LogP contribution in [0.3, 0.4) is 0 Å². The Balaban J connectivity index is 2.37. The van der Waals surface area contributed by atoms with Crippen molar-refractivity contribution in [2.75, 3.05) is 11.9 Å². The highest BCUT2D eigenvalue weighted by Crippen LogP contribution is 2.15. The van der Waals surface area contributed by atoms with Crippen molar-refractivity contribution in [3.05, 3.63) is 29.8 Å². The number of benzene rings is 1. The second-order valence-corrected chi connectivity index (χ2v) is 3.17. The lowest BCUT2D eigenvalue weighted by atomic mass is 10.2. The fourth-order valence-corrected chi connectivity index (χ4v) is 1.19. The molecule has 0 heterocycles. The van der Waals surface area contributed by atoms with E-state index in [1.165, 1.54) is 0 Å². The summed E-state index contributed by atoms with van der Waals surface area (Å²) in [7, 11) is 0. The van der Waals surface area contributed by atoms with Gasteiger partial charge in [-0.3, -0.25) is 0 Å². The number of nitriles is 1. The van der Waals surface area contributed by atoms with Gasteiger partial charge in [0.1, 0.15) is 11.6 Å². The smallest absolute Gasteiger partial charge is 0.146 e. The minimum Gasteiger partial charge on any atom is -0.383 e. The number of anilines is 1. The molecule has 15 heavy (non-hydrogen) atoms. The van der Waals surface area contributed by atoms with Crippen molar-refractivity contribution in [1.82, 2.24) is 0 Å². The molecule has 0 atom stereocenters. The molecule has 0 aromatic heterocycles. The van der Waals surface area contributed by atoms with E-state index in [-0.39, 0.29) is 5.69 Å². The van der Waals surface area contributed by atoms with Crippen molar-refractivity contribution >= 4 is 5.69 Å². The second-order valence-electron chi connectivity index (χ2n) is 3.17. The van der Waals surface area contributed by atoms with Gasteiger partial charge in [0.05, 0.1) is 11.8 Å². The molecule has 0 amide bonds. The number of hydrogen-bond acceptors (Lipinski definition) is 2. The quantitative estimate of drug-likeness (QED) is 0.758. The van der Waals surface area contributed by atoms with E-state index in [0.717, 1.165) is 31.0 Å². The highest BCUT2D eigenvalue weighted by molar-refractivity contribution is 5.44. The molecule has 0 bridgehead atoms. The Kier molecular flexibility index (Phi) is 4.55. The zero-order chi connectivity index (χ0) is 11.1. The van der Waals surface area contributed by atoms with Crippen LogP contribution in [-0.2, 0) is 0 Å². The van der Waals surface area contributed by atoms with Crippen LogP contribution in [0.5, 0.6) is 0 Å². The lowest BCUT2D eigenvalue weighted by Gasteiger charge is -2.06. The lowest BCUT2D eigenvalue weighted by molar-refractivity contribution is 0.601. The topological polar surface area (TPSA) is 35.8 Å². The number of nitrogens with zero attached hydrogens (tertiary/aromatic N) is 1. The van der Waals surface area contributed by atoms with Crippen molar-refractivity contribution in [2.24, 2.45) is 0 Å². The largest absolute Gasteiger partial charge is 0.383 e. The van der Waals surface area contributed by atoms with Gasteiger partial charge >= 0.3 is 0 Å². The number of nitrogens with one attached hydrogen (secondary N) is 1. The first-order valence-corrected chi connectivity index (χ1v) is 4.80. The SMILES string of the molecule is N#CCCCCNc1cc(F)ccc1F. The molecule has 1 N–H and O–H groups in total. The Morgan fingerprint density at radius 2 is 2.07 bits per heavy atom. The average molecular weight is 210 g/mol. The van der Waals surface area contributed by atoms with Crippen LogP contribution in [0.25, 0.3) is 0 Å². The molecule has 2 nitrogen and oxygen atoms in total. The fourth-order valence-electron chi connectivity index (χ4n) is 1.19. The molecule has 1 aromatic carbocycles. The number of hydrogen-bond donors (Lipinski definition) is 1. The summed E-state index contributed by atoms with van der Waals surface area (Å²) in [5, 5.41) is 11.1. The van der Waals surface area contributed by atoms with E-state index in [1.54, 1.807) is 0 Å². The number of halogens is 2. The van der Waals surface area contributed by atoms with E-state index in [9.17, 15) is 8.78 Å². The van der Waals surface area contributed by atoms with Crippen LogP contribution in [0.2, 0.25) is 0 Å². The average Bonchev–Trinajstić information content (AvgIpc) is 2.23. The second kappa shape index (κ2) is 5.97. The van der Waals surface area contributed by atoms with Gasteiger partial charge in [0.2, 0.25) is 0 Å². The minimum atomic E-state index is -0.462. The third kappa shape index (κ3) is 3.94. The molecule has 0 radical (unpaired) electrons. The summed E-state index contributed by atoms with van der Waals surface area (Å²) < 4.78 is 25.8. The van der Waals surface area contributed by atoms with Crippen LogP contribution in [0, 0.1) is 23.0 Å². The van der Waals surface area contributed by atoms with Crippen molar-refractivity contribution in [1.29, 1.82) is 5.26 Å². The molecule has 80 valence electrons. The summed E-state index contributed by atoms with van der Waals surface area (Å²) in [6, 6.07) is 5.32. The molecule has 1 aromatic rings. The van der Waals surface area contributed by atoms with Gasteiger partial charge in [-0.2, -0.15) is 5.26 Å². The van der Waals surface area contributed by atoms with Crippen LogP contribution in [0.1, 0.15) is 19.3 Å².